The Morgan fingerprint density at radius 1 is 0.480 bits per heavy atom. The lowest BCUT2D eigenvalue weighted by molar-refractivity contribution is -0.0142. The maximum Gasteiger partial charge on any atom is 0.0701 e. The zero-order chi connectivity index (χ0) is 18.4. The summed E-state index contributed by atoms with van der Waals surface area (Å²) < 4.78 is 32.8. The molecule has 0 aliphatic carbocycles. The first-order valence-corrected chi connectivity index (χ1v) is 9.77. The summed E-state index contributed by atoms with van der Waals surface area (Å²) >= 11 is 0. The fraction of sp³-hybridized carbons (Fsp3) is 1.00. The van der Waals surface area contributed by atoms with Crippen LogP contribution in [0.5, 0.6) is 0 Å². The van der Waals surface area contributed by atoms with E-state index in [4.69, 9.17) is 28.4 Å². The standard InChI is InChI=1S/C19H40O6/c1-4-6-8-21-10-12-23-14-16-25-18-19(3)17-24-15-13-22-11-9-20-7-5-2/h19H,4-18H2,1-3H3. The van der Waals surface area contributed by atoms with E-state index < -0.39 is 0 Å². The van der Waals surface area contributed by atoms with Crippen molar-refractivity contribution in [1.82, 2.24) is 0 Å². The number of unbranched alkanes of at least 4 members (excludes halogenated alkanes) is 1. The summed E-state index contributed by atoms with van der Waals surface area (Å²) in [6.45, 7) is 14.4. The molecule has 0 N–H and O–H groups in total. The maximum atomic E-state index is 5.58. The van der Waals surface area contributed by atoms with E-state index in [2.05, 4.69) is 20.8 Å². The van der Waals surface area contributed by atoms with Gasteiger partial charge in [0.1, 0.15) is 0 Å². The summed E-state index contributed by atoms with van der Waals surface area (Å²) in [7, 11) is 0. The van der Waals surface area contributed by atoms with Crippen molar-refractivity contribution < 1.29 is 28.4 Å². The van der Waals surface area contributed by atoms with Crippen LogP contribution in [0.3, 0.4) is 0 Å². The van der Waals surface area contributed by atoms with Gasteiger partial charge < -0.3 is 28.4 Å². The van der Waals surface area contributed by atoms with Crippen LogP contribution < -0.4 is 0 Å². The molecule has 0 fully saturated rings. The van der Waals surface area contributed by atoms with Gasteiger partial charge in [0.2, 0.25) is 0 Å². The second-order valence-corrected chi connectivity index (χ2v) is 6.06. The van der Waals surface area contributed by atoms with Crippen molar-refractivity contribution in [3.63, 3.8) is 0 Å². The van der Waals surface area contributed by atoms with E-state index in [1.54, 1.807) is 0 Å². The van der Waals surface area contributed by atoms with Gasteiger partial charge in [-0.2, -0.15) is 0 Å². The Morgan fingerprint density at radius 2 is 0.880 bits per heavy atom. The van der Waals surface area contributed by atoms with Gasteiger partial charge in [0.15, 0.2) is 0 Å². The van der Waals surface area contributed by atoms with E-state index in [1.165, 1.54) is 0 Å². The van der Waals surface area contributed by atoms with E-state index in [-0.39, 0.29) is 0 Å². The fourth-order valence-electron chi connectivity index (χ4n) is 1.89. The molecule has 1 atom stereocenters. The van der Waals surface area contributed by atoms with Crippen LogP contribution in [0.2, 0.25) is 0 Å². The molecule has 0 radical (unpaired) electrons. The van der Waals surface area contributed by atoms with Crippen LogP contribution in [0, 0.1) is 5.92 Å². The van der Waals surface area contributed by atoms with Gasteiger partial charge in [-0.15, -0.1) is 0 Å². The Bertz CT molecular complexity index is 240. The summed E-state index contributed by atoms with van der Waals surface area (Å²) in [6, 6.07) is 0. The van der Waals surface area contributed by atoms with Crippen molar-refractivity contribution in [3.05, 3.63) is 0 Å². The van der Waals surface area contributed by atoms with Gasteiger partial charge in [0.25, 0.3) is 0 Å². The molecule has 0 aromatic carbocycles. The third-order valence-corrected chi connectivity index (χ3v) is 3.28. The molecular weight excluding hydrogens is 324 g/mol. The largest absolute Gasteiger partial charge is 0.379 e. The van der Waals surface area contributed by atoms with Crippen LogP contribution in [0.1, 0.15) is 40.0 Å². The lowest BCUT2D eigenvalue weighted by Crippen LogP contribution is -2.17. The quantitative estimate of drug-likeness (QED) is 0.292. The molecule has 0 spiro atoms. The van der Waals surface area contributed by atoms with E-state index in [0.29, 0.717) is 72.0 Å². The molecule has 6 nitrogen and oxygen atoms in total. The zero-order valence-electron chi connectivity index (χ0n) is 16.6. The monoisotopic (exact) mass is 364 g/mol. The Hall–Kier alpha value is -0.240. The van der Waals surface area contributed by atoms with Gasteiger partial charge in [-0.1, -0.05) is 27.2 Å². The highest BCUT2D eigenvalue weighted by Crippen LogP contribution is 1.97. The molecule has 0 saturated heterocycles. The average Bonchev–Trinajstić information content (AvgIpc) is 2.62. The summed E-state index contributed by atoms with van der Waals surface area (Å²) in [6.07, 6.45) is 3.32. The Morgan fingerprint density at radius 3 is 1.32 bits per heavy atom. The minimum Gasteiger partial charge on any atom is -0.379 e. The van der Waals surface area contributed by atoms with Crippen molar-refractivity contribution in [1.29, 1.82) is 0 Å². The van der Waals surface area contributed by atoms with E-state index in [1.807, 2.05) is 0 Å². The molecule has 0 aromatic heterocycles. The van der Waals surface area contributed by atoms with Crippen molar-refractivity contribution in [3.8, 4) is 0 Å². The van der Waals surface area contributed by atoms with E-state index in [0.717, 1.165) is 32.5 Å². The second-order valence-electron chi connectivity index (χ2n) is 6.06. The molecule has 1 unspecified atom stereocenters. The summed E-state index contributed by atoms with van der Waals surface area (Å²) in [5, 5.41) is 0. The van der Waals surface area contributed by atoms with E-state index >= 15 is 0 Å². The van der Waals surface area contributed by atoms with Crippen LogP contribution >= 0.6 is 0 Å². The first-order chi connectivity index (χ1) is 12.3. The number of hydrogen-bond acceptors (Lipinski definition) is 6. The molecule has 25 heavy (non-hydrogen) atoms. The van der Waals surface area contributed by atoms with Gasteiger partial charge in [0.05, 0.1) is 66.1 Å². The summed E-state index contributed by atoms with van der Waals surface area (Å²) in [5.41, 5.74) is 0. The van der Waals surface area contributed by atoms with Crippen molar-refractivity contribution in [2.75, 3.05) is 79.3 Å². The Labute approximate surface area is 154 Å². The lowest BCUT2D eigenvalue weighted by Gasteiger charge is -2.13. The first-order valence-electron chi connectivity index (χ1n) is 9.77. The SMILES string of the molecule is CCCCOCCOCCOCC(C)COCCOCCOCCC. The van der Waals surface area contributed by atoms with Gasteiger partial charge >= 0.3 is 0 Å². The molecule has 6 heteroatoms. The predicted molar refractivity (Wildman–Crippen MR) is 99.3 cm³/mol. The maximum absolute atomic E-state index is 5.58. The van der Waals surface area contributed by atoms with E-state index in [9.17, 15) is 0 Å². The topological polar surface area (TPSA) is 55.4 Å². The number of ether oxygens (including phenoxy) is 6. The third kappa shape index (κ3) is 21.7. The van der Waals surface area contributed by atoms with Crippen LogP contribution in [0.4, 0.5) is 0 Å². The number of rotatable bonds is 21. The predicted octanol–water partition coefficient (Wildman–Crippen LogP) is 2.93. The van der Waals surface area contributed by atoms with Crippen LogP contribution in [0.15, 0.2) is 0 Å². The molecule has 0 aromatic rings. The van der Waals surface area contributed by atoms with Gasteiger partial charge in [-0.25, -0.2) is 0 Å². The second kappa shape index (κ2) is 21.8. The highest BCUT2D eigenvalue weighted by atomic mass is 16.6. The van der Waals surface area contributed by atoms with Crippen molar-refractivity contribution in [2.45, 2.75) is 40.0 Å². The molecule has 0 rings (SSSR count). The molecule has 0 aliphatic heterocycles. The molecule has 0 aliphatic rings. The summed E-state index contributed by atoms with van der Waals surface area (Å²) in [5.74, 6) is 0.366. The molecule has 0 heterocycles. The van der Waals surface area contributed by atoms with Gasteiger partial charge in [0, 0.05) is 19.1 Å². The highest BCUT2D eigenvalue weighted by molar-refractivity contribution is 4.49. The molecular formula is C19H40O6. The fourth-order valence-corrected chi connectivity index (χ4v) is 1.89. The molecule has 0 bridgehead atoms. The normalized spacial score (nSPS) is 12.6. The number of hydrogen-bond donors (Lipinski definition) is 0. The minimum absolute atomic E-state index is 0.366. The minimum atomic E-state index is 0.366. The van der Waals surface area contributed by atoms with Crippen LogP contribution in [0.25, 0.3) is 0 Å². The van der Waals surface area contributed by atoms with Crippen LogP contribution in [-0.4, -0.2) is 79.3 Å². The van der Waals surface area contributed by atoms with Crippen molar-refractivity contribution in [2.24, 2.45) is 5.92 Å². The molecule has 0 saturated carbocycles. The summed E-state index contributed by atoms with van der Waals surface area (Å²) in [4.78, 5) is 0. The van der Waals surface area contributed by atoms with Crippen LogP contribution in [-0.2, 0) is 28.4 Å². The third-order valence-electron chi connectivity index (χ3n) is 3.28. The van der Waals surface area contributed by atoms with Crippen molar-refractivity contribution >= 4 is 0 Å². The zero-order valence-corrected chi connectivity index (χ0v) is 16.6. The average molecular weight is 365 g/mol. The smallest absolute Gasteiger partial charge is 0.0701 e. The molecule has 152 valence electrons. The van der Waals surface area contributed by atoms with Gasteiger partial charge in [-0.05, 0) is 12.8 Å². The Kier molecular flexibility index (Phi) is 21.6. The van der Waals surface area contributed by atoms with Gasteiger partial charge in [-0.3, -0.25) is 0 Å². The highest BCUT2D eigenvalue weighted by Gasteiger charge is 2.02. The molecule has 0 amide bonds. The lowest BCUT2D eigenvalue weighted by atomic mass is 10.2. The Balaban J connectivity index is 3.12. The first kappa shape index (κ1) is 24.8.